The summed E-state index contributed by atoms with van der Waals surface area (Å²) in [4.78, 5) is 18.7. The topological polar surface area (TPSA) is 63.7 Å². The Kier molecular flexibility index (Phi) is 9.15. The fraction of sp³-hybridized carbons (Fsp3) is 0.412. The van der Waals surface area contributed by atoms with Gasteiger partial charge in [-0.15, -0.1) is 36.2 Å². The second-order valence-electron chi connectivity index (χ2n) is 5.74. The fourth-order valence-electron chi connectivity index (χ4n) is 2.68. The number of amides is 1. The van der Waals surface area contributed by atoms with Crippen LogP contribution in [0.15, 0.2) is 29.1 Å². The number of rotatable bonds is 5. The van der Waals surface area contributed by atoms with Gasteiger partial charge in [0.15, 0.2) is 11.5 Å². The minimum absolute atomic E-state index is 0. The number of hydrogen-bond acceptors (Lipinski definition) is 6. The Morgan fingerprint density at radius 1 is 1.38 bits per heavy atom. The number of halogens is 2. The first kappa shape index (κ1) is 22.5. The van der Waals surface area contributed by atoms with E-state index >= 15 is 0 Å². The molecule has 1 saturated heterocycles. The zero-order chi connectivity index (χ0) is 16.9. The van der Waals surface area contributed by atoms with E-state index in [9.17, 15) is 4.79 Å². The molecule has 3 rings (SSSR count). The van der Waals surface area contributed by atoms with E-state index < -0.39 is 0 Å². The number of carbonyl (C=O) groups excluding carboxylic acids is 1. The molecule has 2 heterocycles. The first-order chi connectivity index (χ1) is 11.7. The van der Waals surface area contributed by atoms with Gasteiger partial charge in [-0.05, 0) is 25.1 Å². The van der Waals surface area contributed by atoms with Crippen LogP contribution in [0.1, 0.15) is 23.0 Å². The van der Waals surface area contributed by atoms with Crippen molar-refractivity contribution in [1.29, 1.82) is 0 Å². The maximum absolute atomic E-state index is 12.7. The lowest BCUT2D eigenvalue weighted by Crippen LogP contribution is -2.51. The number of benzene rings is 1. The van der Waals surface area contributed by atoms with E-state index in [2.05, 4.69) is 17.2 Å². The Bertz CT molecular complexity index is 701. The maximum Gasteiger partial charge on any atom is 0.254 e. The first-order valence-electron chi connectivity index (χ1n) is 7.88. The van der Waals surface area contributed by atoms with Crippen molar-refractivity contribution in [3.63, 3.8) is 0 Å². The van der Waals surface area contributed by atoms with E-state index in [-0.39, 0.29) is 30.7 Å². The van der Waals surface area contributed by atoms with Crippen molar-refractivity contribution in [2.24, 2.45) is 0 Å². The van der Waals surface area contributed by atoms with Gasteiger partial charge >= 0.3 is 0 Å². The average Bonchev–Trinajstić information content (AvgIpc) is 3.12. The largest absolute Gasteiger partial charge is 0.493 e. The minimum atomic E-state index is 0. The number of methoxy groups -OCH3 is 1. The van der Waals surface area contributed by atoms with Gasteiger partial charge in [0.2, 0.25) is 0 Å². The quantitative estimate of drug-likeness (QED) is 0.806. The molecule has 1 aromatic heterocycles. The van der Waals surface area contributed by atoms with Crippen molar-refractivity contribution in [1.82, 2.24) is 15.2 Å². The number of nitrogens with one attached hydrogen (secondary N) is 1. The van der Waals surface area contributed by atoms with Crippen molar-refractivity contribution in [2.75, 3.05) is 26.7 Å². The molecule has 1 fully saturated rings. The Morgan fingerprint density at radius 3 is 2.85 bits per heavy atom. The van der Waals surface area contributed by atoms with E-state index in [4.69, 9.17) is 9.47 Å². The maximum atomic E-state index is 12.7. The zero-order valence-corrected chi connectivity index (χ0v) is 17.1. The summed E-state index contributed by atoms with van der Waals surface area (Å²) in [7, 11) is 1.58. The van der Waals surface area contributed by atoms with Crippen LogP contribution in [0.3, 0.4) is 0 Å². The Morgan fingerprint density at radius 2 is 2.19 bits per heavy atom. The Hall–Kier alpha value is -1.54. The molecule has 26 heavy (non-hydrogen) atoms. The third-order valence-corrected chi connectivity index (χ3v) is 4.56. The highest BCUT2D eigenvalue weighted by atomic mass is 35.5. The summed E-state index contributed by atoms with van der Waals surface area (Å²) in [6.45, 7) is 4.70. The smallest absolute Gasteiger partial charge is 0.254 e. The molecule has 2 aromatic rings. The lowest BCUT2D eigenvalue weighted by atomic mass is 10.1. The zero-order valence-electron chi connectivity index (χ0n) is 14.6. The standard InChI is InChI=1S/C17H21N3O3S.2ClH/c1-12-8-20(6-5-18-12)17(21)13-3-4-15(16(7-13)22-2)23-9-14-10-24-11-19-14;;/h3-4,7,10-12,18H,5-6,8-9H2,1-2H3;2*1H. The molecule has 0 spiro atoms. The van der Waals surface area contributed by atoms with Gasteiger partial charge in [-0.25, -0.2) is 4.98 Å². The van der Waals surface area contributed by atoms with Crippen LogP contribution < -0.4 is 14.8 Å². The van der Waals surface area contributed by atoms with Crippen LogP contribution >= 0.6 is 36.2 Å². The van der Waals surface area contributed by atoms with Crippen molar-refractivity contribution in [2.45, 2.75) is 19.6 Å². The molecule has 1 atom stereocenters. The normalized spacial score (nSPS) is 16.2. The average molecular weight is 420 g/mol. The number of nitrogens with zero attached hydrogens (tertiary/aromatic N) is 2. The minimum Gasteiger partial charge on any atom is -0.493 e. The number of carbonyl (C=O) groups is 1. The van der Waals surface area contributed by atoms with Crippen LogP contribution in [-0.4, -0.2) is 48.6 Å². The summed E-state index contributed by atoms with van der Waals surface area (Å²) >= 11 is 1.53. The van der Waals surface area contributed by atoms with Crippen molar-refractivity contribution in [3.05, 3.63) is 40.3 Å². The molecule has 0 aliphatic carbocycles. The predicted octanol–water partition coefficient (Wildman–Crippen LogP) is 3.01. The summed E-state index contributed by atoms with van der Waals surface area (Å²) in [6, 6.07) is 5.62. The molecule has 0 bridgehead atoms. The molecule has 1 amide bonds. The molecule has 0 saturated carbocycles. The van der Waals surface area contributed by atoms with E-state index in [1.54, 1.807) is 30.8 Å². The SMILES string of the molecule is COc1cc(C(=O)N2CCNC(C)C2)ccc1OCc1cscn1.Cl.Cl. The van der Waals surface area contributed by atoms with Gasteiger partial charge in [-0.1, -0.05) is 0 Å². The van der Waals surface area contributed by atoms with E-state index in [0.717, 1.165) is 12.2 Å². The van der Waals surface area contributed by atoms with Gasteiger partial charge in [0, 0.05) is 36.6 Å². The molecule has 0 radical (unpaired) electrons. The molecule has 9 heteroatoms. The van der Waals surface area contributed by atoms with Gasteiger partial charge in [0.25, 0.3) is 5.91 Å². The second kappa shape index (κ2) is 10.6. The van der Waals surface area contributed by atoms with Crippen molar-refractivity contribution < 1.29 is 14.3 Å². The molecule has 1 aliphatic rings. The van der Waals surface area contributed by atoms with Gasteiger partial charge in [-0.3, -0.25) is 4.79 Å². The molecule has 1 aliphatic heterocycles. The Balaban J connectivity index is 0.00000169. The molecule has 144 valence electrons. The summed E-state index contributed by atoms with van der Waals surface area (Å²) in [5, 5.41) is 5.28. The second-order valence-corrected chi connectivity index (χ2v) is 6.46. The van der Waals surface area contributed by atoms with Crippen LogP contribution in [0, 0.1) is 0 Å². The lowest BCUT2D eigenvalue weighted by Gasteiger charge is -2.32. The van der Waals surface area contributed by atoms with Crippen molar-refractivity contribution >= 4 is 42.1 Å². The number of aromatic nitrogens is 1. The highest BCUT2D eigenvalue weighted by molar-refractivity contribution is 7.07. The van der Waals surface area contributed by atoms with Gasteiger partial charge in [0.05, 0.1) is 18.3 Å². The summed E-state index contributed by atoms with van der Waals surface area (Å²) < 4.78 is 11.1. The number of hydrogen-bond donors (Lipinski definition) is 1. The van der Waals surface area contributed by atoms with Gasteiger partial charge in [0.1, 0.15) is 6.61 Å². The Labute approximate surface area is 169 Å². The van der Waals surface area contributed by atoms with Gasteiger partial charge < -0.3 is 19.7 Å². The van der Waals surface area contributed by atoms with E-state index in [1.807, 2.05) is 10.3 Å². The predicted molar refractivity (Wildman–Crippen MR) is 107 cm³/mol. The number of piperazine rings is 1. The van der Waals surface area contributed by atoms with Crippen LogP contribution in [0.2, 0.25) is 0 Å². The molecule has 1 N–H and O–H groups in total. The lowest BCUT2D eigenvalue weighted by molar-refractivity contribution is 0.0708. The van der Waals surface area contributed by atoms with Crippen LogP contribution in [0.5, 0.6) is 11.5 Å². The third-order valence-electron chi connectivity index (χ3n) is 3.93. The summed E-state index contributed by atoms with van der Waals surface area (Å²) in [5.74, 6) is 1.18. The third kappa shape index (κ3) is 5.48. The summed E-state index contributed by atoms with van der Waals surface area (Å²) in [6.07, 6.45) is 0. The number of thiazole rings is 1. The molecule has 1 aromatic carbocycles. The molecule has 6 nitrogen and oxygen atoms in total. The molecule has 1 unspecified atom stereocenters. The van der Waals surface area contributed by atoms with Crippen LogP contribution in [0.25, 0.3) is 0 Å². The molecular formula is C17H23Cl2N3O3S. The van der Waals surface area contributed by atoms with E-state index in [1.165, 1.54) is 11.3 Å². The van der Waals surface area contributed by atoms with Crippen molar-refractivity contribution in [3.8, 4) is 11.5 Å². The monoisotopic (exact) mass is 419 g/mol. The van der Waals surface area contributed by atoms with Crippen LogP contribution in [-0.2, 0) is 6.61 Å². The number of ether oxygens (including phenoxy) is 2. The molecular weight excluding hydrogens is 397 g/mol. The highest BCUT2D eigenvalue weighted by Crippen LogP contribution is 2.29. The first-order valence-corrected chi connectivity index (χ1v) is 8.82. The van der Waals surface area contributed by atoms with Crippen LogP contribution in [0.4, 0.5) is 0 Å². The highest BCUT2D eigenvalue weighted by Gasteiger charge is 2.22. The fourth-order valence-corrected chi connectivity index (χ4v) is 3.22. The van der Waals surface area contributed by atoms with E-state index in [0.29, 0.717) is 42.8 Å². The summed E-state index contributed by atoms with van der Waals surface area (Å²) in [5.41, 5.74) is 3.26. The van der Waals surface area contributed by atoms with Gasteiger partial charge in [-0.2, -0.15) is 0 Å².